The maximum atomic E-state index is 13.4. The van der Waals surface area contributed by atoms with Crippen LogP contribution in [-0.2, 0) is 20.9 Å². The third kappa shape index (κ3) is 5.41. The van der Waals surface area contributed by atoms with Gasteiger partial charge in [-0.3, -0.25) is 19.7 Å². The van der Waals surface area contributed by atoms with E-state index in [1.807, 2.05) is 0 Å². The maximum Gasteiger partial charge on any atom is 0.338 e. The summed E-state index contributed by atoms with van der Waals surface area (Å²) in [4.78, 5) is 47.9. The standard InChI is InChI=1S/C21H20FN3O6/c1-13(20(27)23-16-8-9-17(22)18(11-16)25(29)30)31-21(28)15-6-4-14(5-7-15)12-24-10-2-3-19(24)26/h4-9,11,13H,2-3,10,12H2,1H3,(H,23,27)/t13-/m0/s1. The Labute approximate surface area is 176 Å². The second kappa shape index (κ2) is 9.33. The molecule has 2 aromatic carbocycles. The summed E-state index contributed by atoms with van der Waals surface area (Å²) in [5.41, 5.74) is 0.323. The van der Waals surface area contributed by atoms with Crippen molar-refractivity contribution in [2.75, 3.05) is 11.9 Å². The van der Waals surface area contributed by atoms with Crippen LogP contribution in [0.4, 0.5) is 15.8 Å². The van der Waals surface area contributed by atoms with Crippen LogP contribution in [0.15, 0.2) is 42.5 Å². The Morgan fingerprint density at radius 2 is 1.97 bits per heavy atom. The highest BCUT2D eigenvalue weighted by molar-refractivity contribution is 5.97. The SMILES string of the molecule is C[C@H](OC(=O)c1ccc(CN2CCCC2=O)cc1)C(=O)Nc1ccc(F)c([N+](=O)[O-])c1. The fourth-order valence-corrected chi connectivity index (χ4v) is 3.09. The maximum absolute atomic E-state index is 13.4. The van der Waals surface area contributed by atoms with E-state index in [0.29, 0.717) is 19.5 Å². The molecule has 0 radical (unpaired) electrons. The highest BCUT2D eigenvalue weighted by atomic mass is 19.1. The van der Waals surface area contributed by atoms with Crippen molar-refractivity contribution in [2.45, 2.75) is 32.4 Å². The summed E-state index contributed by atoms with van der Waals surface area (Å²) in [7, 11) is 0. The van der Waals surface area contributed by atoms with Crippen molar-refractivity contribution in [2.24, 2.45) is 0 Å². The number of likely N-dealkylation sites (tertiary alicyclic amines) is 1. The van der Waals surface area contributed by atoms with Crippen LogP contribution in [0.2, 0.25) is 0 Å². The molecule has 1 heterocycles. The molecule has 1 fully saturated rings. The summed E-state index contributed by atoms with van der Waals surface area (Å²) in [6.07, 6.45) is 0.197. The molecule has 0 unspecified atom stereocenters. The lowest BCUT2D eigenvalue weighted by atomic mass is 10.1. The van der Waals surface area contributed by atoms with E-state index in [1.165, 1.54) is 13.0 Å². The Kier molecular flexibility index (Phi) is 6.58. The fraction of sp³-hybridized carbons (Fsp3) is 0.286. The highest BCUT2D eigenvalue weighted by Crippen LogP contribution is 2.22. The van der Waals surface area contributed by atoms with Crippen LogP contribution < -0.4 is 5.32 Å². The zero-order valence-electron chi connectivity index (χ0n) is 16.7. The van der Waals surface area contributed by atoms with Gasteiger partial charge in [-0.25, -0.2) is 4.79 Å². The van der Waals surface area contributed by atoms with Crippen molar-refractivity contribution >= 4 is 29.2 Å². The van der Waals surface area contributed by atoms with Crippen molar-refractivity contribution in [3.63, 3.8) is 0 Å². The fourth-order valence-electron chi connectivity index (χ4n) is 3.09. The smallest absolute Gasteiger partial charge is 0.338 e. The summed E-state index contributed by atoms with van der Waals surface area (Å²) in [6, 6.07) is 9.43. The van der Waals surface area contributed by atoms with Crippen LogP contribution in [0.25, 0.3) is 0 Å². The minimum absolute atomic E-state index is 0.00168. The lowest BCUT2D eigenvalue weighted by molar-refractivity contribution is -0.387. The number of hydrogen-bond acceptors (Lipinski definition) is 6. The molecular formula is C21H20FN3O6. The number of halogens is 1. The lowest BCUT2D eigenvalue weighted by Gasteiger charge is -2.16. The van der Waals surface area contributed by atoms with Crippen LogP contribution in [0, 0.1) is 15.9 Å². The third-order valence-corrected chi connectivity index (χ3v) is 4.80. The van der Waals surface area contributed by atoms with E-state index in [4.69, 9.17) is 4.74 Å². The molecule has 1 N–H and O–H groups in total. The Bertz CT molecular complexity index is 1020. The molecule has 1 aliphatic heterocycles. The van der Waals surface area contributed by atoms with Gasteiger partial charge in [0.2, 0.25) is 11.7 Å². The largest absolute Gasteiger partial charge is 0.449 e. The van der Waals surface area contributed by atoms with Crippen molar-refractivity contribution in [3.8, 4) is 0 Å². The molecule has 31 heavy (non-hydrogen) atoms. The van der Waals surface area contributed by atoms with Gasteiger partial charge in [-0.05, 0) is 43.2 Å². The summed E-state index contributed by atoms with van der Waals surface area (Å²) in [6.45, 7) is 2.53. The Hall–Kier alpha value is -3.82. The van der Waals surface area contributed by atoms with Gasteiger partial charge in [-0.1, -0.05) is 12.1 Å². The quantitative estimate of drug-likeness (QED) is 0.411. The van der Waals surface area contributed by atoms with Crippen molar-refractivity contribution < 1.29 is 28.4 Å². The van der Waals surface area contributed by atoms with Gasteiger partial charge in [0.1, 0.15) is 0 Å². The first-order chi connectivity index (χ1) is 14.7. The zero-order chi connectivity index (χ0) is 22.5. The van der Waals surface area contributed by atoms with E-state index >= 15 is 0 Å². The summed E-state index contributed by atoms with van der Waals surface area (Å²) >= 11 is 0. The number of benzene rings is 2. The number of esters is 1. The van der Waals surface area contributed by atoms with Gasteiger partial charge in [0, 0.05) is 31.3 Å². The Balaban J connectivity index is 1.57. The van der Waals surface area contributed by atoms with Crippen LogP contribution in [0.5, 0.6) is 0 Å². The van der Waals surface area contributed by atoms with Gasteiger partial charge in [-0.2, -0.15) is 4.39 Å². The zero-order valence-corrected chi connectivity index (χ0v) is 16.7. The van der Waals surface area contributed by atoms with Crippen molar-refractivity contribution in [1.82, 2.24) is 4.90 Å². The Morgan fingerprint density at radius 3 is 2.58 bits per heavy atom. The molecule has 0 aliphatic carbocycles. The number of amides is 2. The number of carbonyl (C=O) groups is 3. The molecule has 1 saturated heterocycles. The van der Waals surface area contributed by atoms with Crippen molar-refractivity contribution in [3.05, 3.63) is 69.5 Å². The minimum Gasteiger partial charge on any atom is -0.449 e. The number of rotatable bonds is 7. The first-order valence-electron chi connectivity index (χ1n) is 9.57. The molecule has 9 nitrogen and oxygen atoms in total. The summed E-state index contributed by atoms with van der Waals surface area (Å²) in [5, 5.41) is 13.1. The average Bonchev–Trinajstić information content (AvgIpc) is 3.14. The van der Waals surface area contributed by atoms with Crippen LogP contribution >= 0.6 is 0 Å². The first kappa shape index (κ1) is 21.9. The molecule has 0 aromatic heterocycles. The van der Waals surface area contributed by atoms with E-state index in [1.54, 1.807) is 29.2 Å². The van der Waals surface area contributed by atoms with Crippen LogP contribution in [0.1, 0.15) is 35.7 Å². The molecule has 1 aliphatic rings. The molecule has 162 valence electrons. The number of nitro benzene ring substituents is 1. The molecule has 10 heteroatoms. The van der Waals surface area contributed by atoms with Gasteiger partial charge < -0.3 is 15.0 Å². The predicted molar refractivity (Wildman–Crippen MR) is 108 cm³/mol. The first-order valence-corrected chi connectivity index (χ1v) is 9.57. The molecule has 0 bridgehead atoms. The van der Waals surface area contributed by atoms with Crippen molar-refractivity contribution in [1.29, 1.82) is 0 Å². The summed E-state index contributed by atoms with van der Waals surface area (Å²) in [5.74, 6) is -2.37. The van der Waals surface area contributed by atoms with E-state index in [0.717, 1.165) is 24.1 Å². The second-order valence-electron chi connectivity index (χ2n) is 7.08. The van der Waals surface area contributed by atoms with Crippen LogP contribution in [-0.4, -0.2) is 40.3 Å². The number of ether oxygens (including phenoxy) is 1. The minimum atomic E-state index is -1.20. The number of hydrogen-bond donors (Lipinski definition) is 1. The van der Waals surface area contributed by atoms with E-state index < -0.39 is 34.4 Å². The van der Waals surface area contributed by atoms with Gasteiger partial charge in [0.25, 0.3) is 5.91 Å². The number of carbonyl (C=O) groups excluding carboxylic acids is 3. The normalized spacial score (nSPS) is 14.3. The third-order valence-electron chi connectivity index (χ3n) is 4.80. The molecule has 0 spiro atoms. The Morgan fingerprint density at radius 1 is 1.26 bits per heavy atom. The molecule has 0 saturated carbocycles. The van der Waals surface area contributed by atoms with Gasteiger partial charge >= 0.3 is 11.7 Å². The topological polar surface area (TPSA) is 119 Å². The number of anilines is 1. The average molecular weight is 429 g/mol. The molecule has 2 amide bonds. The highest BCUT2D eigenvalue weighted by Gasteiger charge is 2.22. The molecule has 2 aromatic rings. The number of nitro groups is 1. The van der Waals surface area contributed by atoms with Crippen LogP contribution in [0.3, 0.4) is 0 Å². The monoisotopic (exact) mass is 429 g/mol. The summed E-state index contributed by atoms with van der Waals surface area (Å²) < 4.78 is 18.5. The van der Waals surface area contributed by atoms with E-state index in [-0.39, 0.29) is 17.2 Å². The predicted octanol–water partition coefficient (Wildman–Crippen LogP) is 3.04. The van der Waals surface area contributed by atoms with Gasteiger partial charge in [-0.15, -0.1) is 0 Å². The molecule has 1 atom stereocenters. The van der Waals surface area contributed by atoms with Gasteiger partial charge in [0.05, 0.1) is 10.5 Å². The number of nitrogens with zero attached hydrogens (tertiary/aromatic N) is 2. The molecular weight excluding hydrogens is 409 g/mol. The molecule has 3 rings (SSSR count). The van der Waals surface area contributed by atoms with Gasteiger partial charge in [0.15, 0.2) is 6.10 Å². The second-order valence-corrected chi connectivity index (χ2v) is 7.08. The lowest BCUT2D eigenvalue weighted by Crippen LogP contribution is -2.30. The van der Waals surface area contributed by atoms with E-state index in [2.05, 4.69) is 5.32 Å². The number of nitrogens with one attached hydrogen (secondary N) is 1. The van der Waals surface area contributed by atoms with E-state index in [9.17, 15) is 28.9 Å².